The van der Waals surface area contributed by atoms with Gasteiger partial charge in [-0.05, 0) is 56.2 Å². The number of amides is 1. The molecule has 0 bridgehead atoms. The smallest absolute Gasteiger partial charge is 0.353 e. The number of rotatable bonds is 7. The monoisotopic (exact) mass is 462 g/mol. The van der Waals surface area contributed by atoms with Crippen LogP contribution < -0.4 is 25.8 Å². The van der Waals surface area contributed by atoms with Crippen LogP contribution in [0.3, 0.4) is 0 Å². The van der Waals surface area contributed by atoms with E-state index in [1.54, 1.807) is 31.4 Å². The number of nitrogens with one attached hydrogen (secondary N) is 2. The number of hydrogen-bond acceptors (Lipinski definition) is 7. The molecule has 10 nitrogen and oxygen atoms in total. The first kappa shape index (κ1) is 22.8. The average Bonchev–Trinajstić information content (AvgIpc) is 3.11. The second-order valence-corrected chi connectivity index (χ2v) is 7.89. The summed E-state index contributed by atoms with van der Waals surface area (Å²) < 4.78 is 12.9. The minimum Gasteiger partial charge on any atom is -0.497 e. The zero-order valence-electron chi connectivity index (χ0n) is 19.7. The van der Waals surface area contributed by atoms with E-state index in [-0.39, 0.29) is 6.54 Å². The molecular weight excluding hydrogens is 436 g/mol. The Labute approximate surface area is 196 Å². The maximum atomic E-state index is 13.1. The summed E-state index contributed by atoms with van der Waals surface area (Å²) >= 11 is 0. The van der Waals surface area contributed by atoms with Gasteiger partial charge in [0.05, 0.1) is 19.9 Å². The second kappa shape index (κ2) is 9.26. The minimum atomic E-state index is -0.481. The van der Waals surface area contributed by atoms with Crippen molar-refractivity contribution in [3.63, 3.8) is 0 Å². The number of nitrogens with zero attached hydrogens (tertiary/aromatic N) is 4. The third-order valence-corrected chi connectivity index (χ3v) is 5.44. The van der Waals surface area contributed by atoms with Crippen LogP contribution in [0.25, 0.3) is 5.65 Å². The van der Waals surface area contributed by atoms with Crippen LogP contribution in [-0.4, -0.2) is 39.3 Å². The number of hydrogen-bond donors (Lipinski definition) is 2. The zero-order chi connectivity index (χ0) is 24.4. The van der Waals surface area contributed by atoms with Gasteiger partial charge in [0.2, 0.25) is 11.9 Å². The molecule has 0 spiro atoms. The normalized spacial score (nSPS) is 10.9. The van der Waals surface area contributed by atoms with Gasteiger partial charge >= 0.3 is 5.69 Å². The summed E-state index contributed by atoms with van der Waals surface area (Å²) in [4.78, 5) is 30.3. The third-order valence-electron chi connectivity index (χ3n) is 5.44. The van der Waals surface area contributed by atoms with E-state index in [9.17, 15) is 9.59 Å². The van der Waals surface area contributed by atoms with Gasteiger partial charge in [0, 0.05) is 23.5 Å². The van der Waals surface area contributed by atoms with Crippen molar-refractivity contribution >= 4 is 28.9 Å². The summed E-state index contributed by atoms with van der Waals surface area (Å²) in [5, 5.41) is 10.3. The molecule has 0 unspecified atom stereocenters. The molecule has 0 aliphatic carbocycles. The number of carbonyl (C=O) groups excluding carboxylic acids is 1. The van der Waals surface area contributed by atoms with Crippen LogP contribution in [0, 0.1) is 20.8 Å². The molecule has 1 amide bonds. The quantitative estimate of drug-likeness (QED) is 0.434. The van der Waals surface area contributed by atoms with Crippen molar-refractivity contribution in [3.05, 3.63) is 69.8 Å². The Morgan fingerprint density at radius 1 is 1.00 bits per heavy atom. The van der Waals surface area contributed by atoms with Gasteiger partial charge < -0.3 is 20.1 Å². The van der Waals surface area contributed by atoms with Crippen molar-refractivity contribution in [3.8, 4) is 11.5 Å². The van der Waals surface area contributed by atoms with Crippen molar-refractivity contribution in [1.29, 1.82) is 0 Å². The molecule has 2 aromatic carbocycles. The Kier molecular flexibility index (Phi) is 6.22. The lowest BCUT2D eigenvalue weighted by Gasteiger charge is -2.11. The minimum absolute atomic E-state index is 0.280. The molecule has 2 aromatic heterocycles. The van der Waals surface area contributed by atoms with E-state index in [1.807, 2.05) is 39.0 Å². The maximum absolute atomic E-state index is 13.1. The Hall–Kier alpha value is -4.34. The highest BCUT2D eigenvalue weighted by Gasteiger charge is 2.17. The molecule has 0 saturated heterocycles. The number of aryl methyl sites for hydroxylation is 3. The lowest BCUT2D eigenvalue weighted by molar-refractivity contribution is -0.117. The largest absolute Gasteiger partial charge is 0.497 e. The van der Waals surface area contributed by atoms with Gasteiger partial charge in [0.25, 0.3) is 0 Å². The third kappa shape index (κ3) is 4.56. The van der Waals surface area contributed by atoms with Gasteiger partial charge in [-0.2, -0.15) is 0 Å². The van der Waals surface area contributed by atoms with Crippen molar-refractivity contribution in [1.82, 2.24) is 19.2 Å². The molecule has 0 atom stereocenters. The number of anilines is 3. The maximum Gasteiger partial charge on any atom is 0.353 e. The number of carbonyl (C=O) groups is 1. The fraction of sp³-hybridized carbons (Fsp3) is 0.250. The van der Waals surface area contributed by atoms with E-state index in [0.29, 0.717) is 34.5 Å². The van der Waals surface area contributed by atoms with Crippen LogP contribution >= 0.6 is 0 Å². The summed E-state index contributed by atoms with van der Waals surface area (Å²) in [5.41, 5.74) is 4.12. The Morgan fingerprint density at radius 3 is 2.50 bits per heavy atom. The summed E-state index contributed by atoms with van der Waals surface area (Å²) in [6.07, 6.45) is 0. The second-order valence-electron chi connectivity index (χ2n) is 7.89. The predicted molar refractivity (Wildman–Crippen MR) is 129 cm³/mol. The molecule has 2 heterocycles. The SMILES string of the molecule is COc1ccc(NC(=O)Cn2nc3cc(C)nc(Nc4ccc(C)c(C)c4)n3c2=O)c(OC)c1. The van der Waals surface area contributed by atoms with Gasteiger partial charge in [0.1, 0.15) is 18.0 Å². The van der Waals surface area contributed by atoms with E-state index >= 15 is 0 Å². The van der Waals surface area contributed by atoms with Crippen molar-refractivity contribution in [2.45, 2.75) is 27.3 Å². The van der Waals surface area contributed by atoms with Gasteiger partial charge in [-0.1, -0.05) is 6.07 Å². The summed E-state index contributed by atoms with van der Waals surface area (Å²) in [6, 6.07) is 12.6. The van der Waals surface area contributed by atoms with Crippen LogP contribution in [0.4, 0.5) is 17.3 Å². The van der Waals surface area contributed by atoms with Crippen LogP contribution in [0.2, 0.25) is 0 Å². The molecule has 0 fully saturated rings. The molecule has 176 valence electrons. The lowest BCUT2D eigenvalue weighted by atomic mass is 10.1. The van der Waals surface area contributed by atoms with E-state index < -0.39 is 11.6 Å². The average molecular weight is 463 g/mol. The van der Waals surface area contributed by atoms with Gasteiger partial charge in [-0.3, -0.25) is 4.79 Å². The van der Waals surface area contributed by atoms with E-state index in [0.717, 1.165) is 21.5 Å². The highest BCUT2D eigenvalue weighted by Crippen LogP contribution is 2.29. The molecule has 34 heavy (non-hydrogen) atoms. The Bertz CT molecular complexity index is 1440. The molecule has 0 radical (unpaired) electrons. The summed E-state index contributed by atoms with van der Waals surface area (Å²) in [7, 11) is 3.04. The molecule has 0 saturated carbocycles. The highest BCUT2D eigenvalue weighted by atomic mass is 16.5. The lowest BCUT2D eigenvalue weighted by Crippen LogP contribution is -2.29. The summed E-state index contributed by atoms with van der Waals surface area (Å²) in [6.45, 7) is 5.58. The van der Waals surface area contributed by atoms with Crippen molar-refractivity contribution in [2.75, 3.05) is 24.9 Å². The highest BCUT2D eigenvalue weighted by molar-refractivity contribution is 5.92. The topological polar surface area (TPSA) is 112 Å². The molecule has 4 aromatic rings. The number of benzene rings is 2. The zero-order valence-corrected chi connectivity index (χ0v) is 19.7. The Morgan fingerprint density at radius 2 is 1.79 bits per heavy atom. The van der Waals surface area contributed by atoms with Crippen LogP contribution in [-0.2, 0) is 11.3 Å². The fourth-order valence-electron chi connectivity index (χ4n) is 3.52. The predicted octanol–water partition coefficient (Wildman–Crippen LogP) is 3.22. The first-order chi connectivity index (χ1) is 16.3. The van der Waals surface area contributed by atoms with E-state index in [2.05, 4.69) is 20.7 Å². The number of ether oxygens (including phenoxy) is 2. The van der Waals surface area contributed by atoms with Crippen molar-refractivity contribution < 1.29 is 14.3 Å². The first-order valence-electron chi connectivity index (χ1n) is 10.6. The standard InChI is InChI=1S/C24H26N6O4/c1-14-6-7-17(10-15(14)2)26-23-25-16(3)11-21-28-29(24(32)30(21)23)13-22(31)27-19-9-8-18(33-4)12-20(19)34-5/h6-12H,13H2,1-5H3,(H,25,26)(H,27,31). The number of aromatic nitrogens is 4. The molecule has 4 rings (SSSR count). The van der Waals surface area contributed by atoms with Crippen LogP contribution in [0.5, 0.6) is 11.5 Å². The Balaban J connectivity index is 1.62. The van der Waals surface area contributed by atoms with Crippen LogP contribution in [0.15, 0.2) is 47.3 Å². The van der Waals surface area contributed by atoms with Crippen LogP contribution in [0.1, 0.15) is 16.8 Å². The number of fused-ring (bicyclic) bond motifs is 1. The van der Waals surface area contributed by atoms with Gasteiger partial charge in [-0.25, -0.2) is 18.9 Å². The molecule has 0 aliphatic heterocycles. The first-order valence-corrected chi connectivity index (χ1v) is 10.6. The molecule has 10 heteroatoms. The molecule has 0 aliphatic rings. The van der Waals surface area contributed by atoms with Gasteiger partial charge in [-0.15, -0.1) is 5.10 Å². The van der Waals surface area contributed by atoms with E-state index in [1.165, 1.54) is 11.5 Å². The summed E-state index contributed by atoms with van der Waals surface area (Å²) in [5.74, 6) is 0.932. The van der Waals surface area contributed by atoms with Crippen molar-refractivity contribution in [2.24, 2.45) is 0 Å². The fourth-order valence-corrected chi connectivity index (χ4v) is 3.52. The van der Waals surface area contributed by atoms with Gasteiger partial charge in [0.15, 0.2) is 5.65 Å². The molecular formula is C24H26N6O4. The number of methoxy groups -OCH3 is 2. The molecule has 2 N–H and O–H groups in total. The van der Waals surface area contributed by atoms with E-state index in [4.69, 9.17) is 9.47 Å².